The van der Waals surface area contributed by atoms with Crippen LogP contribution in [0.4, 0.5) is 0 Å². The van der Waals surface area contributed by atoms with Crippen molar-refractivity contribution in [3.05, 3.63) is 108 Å². The molecule has 1 radical (unpaired) electrons. The van der Waals surface area contributed by atoms with Crippen LogP contribution in [0.3, 0.4) is 0 Å². The van der Waals surface area contributed by atoms with Crippen LogP contribution in [0.2, 0.25) is 19.6 Å². The molecule has 4 heterocycles. The van der Waals surface area contributed by atoms with Crippen molar-refractivity contribution >= 4 is 35.3 Å². The molecule has 4 nitrogen and oxygen atoms in total. The molecular weight excluding hydrogens is 735 g/mol. The first-order chi connectivity index (χ1) is 20.3. The maximum atomic E-state index is 6.31. The fraction of sp³-hybridized carbons (Fsp3) is 0.289. The van der Waals surface area contributed by atoms with Gasteiger partial charge in [0.2, 0.25) is 5.71 Å². The van der Waals surface area contributed by atoms with Crippen molar-refractivity contribution in [1.82, 2.24) is 15.0 Å². The van der Waals surface area contributed by atoms with Crippen LogP contribution in [-0.2, 0) is 26.5 Å². The van der Waals surface area contributed by atoms with E-state index in [9.17, 15) is 0 Å². The van der Waals surface area contributed by atoms with Crippen LogP contribution in [0.5, 0.6) is 0 Å². The molecule has 0 amide bonds. The van der Waals surface area contributed by atoms with Crippen molar-refractivity contribution in [2.75, 3.05) is 0 Å². The maximum absolute atomic E-state index is 6.31. The van der Waals surface area contributed by atoms with Gasteiger partial charge in [0.25, 0.3) is 0 Å². The smallest absolute Gasteiger partial charge is 0.216 e. The summed E-state index contributed by atoms with van der Waals surface area (Å²) in [5.41, 5.74) is 10.6. The average Bonchev–Trinajstić information content (AvgIpc) is 3.32. The second-order valence-corrected chi connectivity index (χ2v) is 18.8. The largest absolute Gasteiger partial charge is 0.486 e. The van der Waals surface area contributed by atoms with Gasteiger partial charge in [-0.25, -0.2) is 4.98 Å². The van der Waals surface area contributed by atoms with Gasteiger partial charge in [-0.05, 0) is 67.3 Å². The van der Waals surface area contributed by atoms with Gasteiger partial charge in [-0.1, -0.05) is 74.6 Å². The van der Waals surface area contributed by atoms with Crippen LogP contribution < -0.4 is 5.19 Å². The number of benzene rings is 2. The van der Waals surface area contributed by atoms with Gasteiger partial charge in [-0.15, -0.1) is 53.2 Å². The van der Waals surface area contributed by atoms with E-state index in [0.29, 0.717) is 5.71 Å². The Hall–Kier alpha value is -3.44. The third-order valence-corrected chi connectivity index (χ3v) is 9.53. The maximum Gasteiger partial charge on any atom is 0.216 e. The normalized spacial score (nSPS) is 11.7. The van der Waals surface area contributed by atoms with Crippen LogP contribution in [0.1, 0.15) is 43.0 Å². The Labute approximate surface area is 276 Å². The quantitative estimate of drug-likeness (QED) is 0.132. The summed E-state index contributed by atoms with van der Waals surface area (Å²) >= 11 is 0. The van der Waals surface area contributed by atoms with Gasteiger partial charge in [0, 0.05) is 52.2 Å². The zero-order chi connectivity index (χ0) is 30.9. The molecule has 0 saturated heterocycles. The molecule has 229 valence electrons. The van der Waals surface area contributed by atoms with Crippen molar-refractivity contribution in [1.29, 1.82) is 0 Å². The van der Waals surface area contributed by atoms with Crippen molar-refractivity contribution in [2.45, 2.75) is 67.6 Å². The minimum Gasteiger partial charge on any atom is -0.486 e. The number of hydrogen-bond acceptors (Lipinski definition) is 4. The first-order valence-corrected chi connectivity index (χ1v) is 18.4. The predicted molar refractivity (Wildman–Crippen MR) is 182 cm³/mol. The van der Waals surface area contributed by atoms with E-state index in [4.69, 9.17) is 4.42 Å². The van der Waals surface area contributed by atoms with Gasteiger partial charge >= 0.3 is 0 Å². The number of pyridine rings is 3. The number of nitrogens with zero attached hydrogens (tertiary/aromatic N) is 3. The fourth-order valence-corrected chi connectivity index (χ4v) is 6.76. The zero-order valence-corrected chi connectivity index (χ0v) is 30.6. The van der Waals surface area contributed by atoms with Gasteiger partial charge in [-0.3, -0.25) is 0 Å². The van der Waals surface area contributed by atoms with E-state index in [1.54, 1.807) is 0 Å². The van der Waals surface area contributed by atoms with E-state index >= 15 is 0 Å². The summed E-state index contributed by atoms with van der Waals surface area (Å²) in [4.78, 5) is 13.6. The van der Waals surface area contributed by atoms with Crippen LogP contribution in [0.15, 0.2) is 77.6 Å². The van der Waals surface area contributed by atoms with Crippen LogP contribution >= 0.6 is 0 Å². The summed E-state index contributed by atoms with van der Waals surface area (Å²) in [6.07, 6.45) is 6.67. The Morgan fingerprint density at radius 2 is 1.61 bits per heavy atom. The molecule has 0 atom stereocenters. The van der Waals surface area contributed by atoms with E-state index in [0.717, 1.165) is 45.5 Å². The molecule has 0 aliphatic carbocycles. The number of furan rings is 1. The van der Waals surface area contributed by atoms with Gasteiger partial charge in [0.05, 0.1) is 5.58 Å². The van der Waals surface area contributed by atoms with Crippen LogP contribution in [0, 0.1) is 38.3 Å². The molecule has 4 aromatic heterocycles. The molecule has 0 N–H and O–H groups in total. The number of fused-ring (bicyclic) bond motifs is 3. The third-order valence-electron chi connectivity index (χ3n) is 7.52. The number of aryl methyl sites for hydroxylation is 3. The standard InChI is InChI=1S/C25H29N2OSi.C13H12N.Ir/c1-16-12-19-22-21(29(5,6)7)9-8-18(23(22)28-24(19)27-15-16)20-13-17(10-11-26-20)14-25(2,3)4;1-10-8-13(14-9-11(10)2)12-6-4-3-5-7-12;/h9-13,15H,14H2,1-7H3;3-6,8-9H,1-2H3;/q2*-1;. The van der Waals surface area contributed by atoms with Crippen molar-refractivity contribution in [3.8, 4) is 22.5 Å². The van der Waals surface area contributed by atoms with Gasteiger partial charge in [0.15, 0.2) is 0 Å². The summed E-state index contributed by atoms with van der Waals surface area (Å²) in [6, 6.07) is 25.3. The molecule has 6 heteroatoms. The molecular formula is C38H41IrN3OSi-2. The van der Waals surface area contributed by atoms with E-state index in [1.807, 2.05) is 42.9 Å². The Bertz CT molecular complexity index is 1900. The van der Waals surface area contributed by atoms with Crippen molar-refractivity contribution in [3.63, 3.8) is 0 Å². The Kier molecular flexibility index (Phi) is 10.1. The summed E-state index contributed by atoms with van der Waals surface area (Å²) < 4.78 is 6.31. The van der Waals surface area contributed by atoms with Crippen molar-refractivity contribution in [2.24, 2.45) is 5.41 Å². The van der Waals surface area contributed by atoms with E-state index in [2.05, 4.69) is 119 Å². The summed E-state index contributed by atoms with van der Waals surface area (Å²) in [6.45, 7) is 20.1. The predicted octanol–water partition coefficient (Wildman–Crippen LogP) is 9.45. The van der Waals surface area contributed by atoms with Gasteiger partial charge in [0.1, 0.15) is 0 Å². The average molecular weight is 776 g/mol. The Morgan fingerprint density at radius 3 is 2.27 bits per heavy atom. The number of aromatic nitrogens is 3. The Balaban J connectivity index is 0.000000248. The van der Waals surface area contributed by atoms with Gasteiger partial charge in [-0.2, -0.15) is 0 Å². The van der Waals surface area contributed by atoms with Crippen LogP contribution in [-0.4, -0.2) is 23.0 Å². The van der Waals surface area contributed by atoms with Crippen LogP contribution in [0.25, 0.3) is 44.6 Å². The molecule has 0 fully saturated rings. The molecule has 0 bridgehead atoms. The summed E-state index contributed by atoms with van der Waals surface area (Å²) in [5, 5.41) is 3.64. The monoisotopic (exact) mass is 776 g/mol. The first-order valence-electron chi connectivity index (χ1n) is 14.9. The second kappa shape index (κ2) is 13.3. The molecule has 0 aliphatic heterocycles. The minimum absolute atomic E-state index is 0. The molecule has 0 unspecified atom stereocenters. The number of rotatable bonds is 4. The zero-order valence-electron chi connectivity index (χ0n) is 27.2. The fourth-order valence-electron chi connectivity index (χ4n) is 5.25. The molecule has 0 spiro atoms. The molecule has 44 heavy (non-hydrogen) atoms. The van der Waals surface area contributed by atoms with Gasteiger partial charge < -0.3 is 14.4 Å². The Morgan fingerprint density at radius 1 is 0.841 bits per heavy atom. The summed E-state index contributed by atoms with van der Waals surface area (Å²) in [7, 11) is -1.60. The van der Waals surface area contributed by atoms with E-state index in [-0.39, 0.29) is 25.5 Å². The molecule has 6 rings (SSSR count). The molecule has 0 aliphatic rings. The SMILES string of the molecule is Cc1cnc(-c2[c-]cccc2)cc1C.Cc1cnc2oc3c(-c4cc(CC(C)(C)C)ccn4)[c-]cc([Si](C)(C)C)c3c2c1.[Ir]. The number of hydrogen-bond donors (Lipinski definition) is 0. The molecule has 6 aromatic rings. The first kappa shape index (κ1) is 33.4. The molecule has 2 aromatic carbocycles. The topological polar surface area (TPSA) is 51.8 Å². The van der Waals surface area contributed by atoms with Crippen molar-refractivity contribution < 1.29 is 24.5 Å². The van der Waals surface area contributed by atoms with E-state index in [1.165, 1.54) is 27.3 Å². The minimum atomic E-state index is -1.60. The molecule has 0 saturated carbocycles. The second-order valence-electron chi connectivity index (χ2n) is 13.7. The van der Waals surface area contributed by atoms with E-state index < -0.39 is 8.07 Å². The third kappa shape index (κ3) is 7.61. The summed E-state index contributed by atoms with van der Waals surface area (Å²) in [5.74, 6) is 0.